The van der Waals surface area contributed by atoms with Gasteiger partial charge in [-0.25, -0.2) is 4.79 Å². The van der Waals surface area contributed by atoms with Crippen LogP contribution in [-0.2, 0) is 9.47 Å². The van der Waals surface area contributed by atoms with Crippen LogP contribution >= 0.6 is 11.6 Å². The number of dihydropyridines is 1. The fourth-order valence-corrected chi connectivity index (χ4v) is 1.93. The lowest BCUT2D eigenvalue weighted by atomic mass is 10.0. The molecule has 2 unspecified atom stereocenters. The predicted octanol–water partition coefficient (Wildman–Crippen LogP) is 3.27. The number of alkyl halides is 1. The zero-order valence-corrected chi connectivity index (χ0v) is 13.9. The van der Waals surface area contributed by atoms with E-state index in [9.17, 15) is 4.79 Å². The van der Waals surface area contributed by atoms with Crippen molar-refractivity contribution in [3.05, 3.63) is 12.2 Å². The van der Waals surface area contributed by atoms with Gasteiger partial charge in [0.05, 0.1) is 0 Å². The fraction of sp³-hybridized carbons (Fsp3) is 0.733. The normalized spacial score (nSPS) is 24.9. The Kier molecular flexibility index (Phi) is 6.68. The lowest BCUT2D eigenvalue weighted by Gasteiger charge is -2.30. The molecule has 5 nitrogen and oxygen atoms in total. The van der Waals surface area contributed by atoms with E-state index in [0.717, 1.165) is 12.8 Å². The molecule has 0 fully saturated rings. The Morgan fingerprint density at radius 3 is 2.76 bits per heavy atom. The minimum absolute atomic E-state index is 0.388. The summed E-state index contributed by atoms with van der Waals surface area (Å²) in [5.41, 5.74) is -1.43. The largest absolute Gasteiger partial charge is 0.444 e. The summed E-state index contributed by atoms with van der Waals surface area (Å²) in [4.78, 5) is 15.5. The number of alkyl carbamates (subject to hydrolysis) is 1. The maximum atomic E-state index is 11.4. The molecule has 0 aromatic carbocycles. The number of nitrogens with one attached hydrogen (secondary N) is 1. The number of carbonyl (C=O) groups is 1. The maximum Gasteiger partial charge on any atom is 0.407 e. The first-order chi connectivity index (χ1) is 9.73. The molecule has 0 aromatic heterocycles. The van der Waals surface area contributed by atoms with Gasteiger partial charge in [-0.3, -0.25) is 4.99 Å². The van der Waals surface area contributed by atoms with E-state index in [1.54, 1.807) is 6.21 Å². The highest BCUT2D eigenvalue weighted by molar-refractivity contribution is 6.22. The van der Waals surface area contributed by atoms with Gasteiger partial charge in [-0.15, -0.1) is 0 Å². The number of ether oxygens (including phenoxy) is 2. The molecule has 2 atom stereocenters. The van der Waals surface area contributed by atoms with Crippen molar-refractivity contribution in [2.75, 3.05) is 13.2 Å². The van der Waals surface area contributed by atoms with Crippen LogP contribution in [0.25, 0.3) is 0 Å². The number of halogens is 1. The van der Waals surface area contributed by atoms with E-state index in [2.05, 4.69) is 10.3 Å². The van der Waals surface area contributed by atoms with Crippen LogP contribution in [-0.4, -0.2) is 42.2 Å². The van der Waals surface area contributed by atoms with Crippen LogP contribution in [0.4, 0.5) is 4.79 Å². The van der Waals surface area contributed by atoms with E-state index in [0.29, 0.717) is 13.2 Å². The molecular weight excluding hydrogens is 292 g/mol. The molecule has 1 aliphatic heterocycles. The second-order valence-electron chi connectivity index (χ2n) is 6.16. The van der Waals surface area contributed by atoms with Crippen LogP contribution in [0.1, 0.15) is 40.5 Å². The van der Waals surface area contributed by atoms with Gasteiger partial charge in [0, 0.05) is 19.4 Å². The second kappa shape index (κ2) is 7.80. The van der Waals surface area contributed by atoms with Crippen LogP contribution < -0.4 is 5.32 Å². The van der Waals surface area contributed by atoms with Crippen molar-refractivity contribution in [2.45, 2.75) is 57.2 Å². The molecule has 1 aliphatic rings. The molecule has 1 rings (SSSR count). The highest BCUT2D eigenvalue weighted by Crippen LogP contribution is 2.26. The van der Waals surface area contributed by atoms with Gasteiger partial charge in [-0.1, -0.05) is 11.6 Å². The third-order valence-electron chi connectivity index (χ3n) is 2.86. The van der Waals surface area contributed by atoms with Gasteiger partial charge in [0.25, 0.3) is 0 Å². The molecule has 0 aromatic rings. The van der Waals surface area contributed by atoms with E-state index in [1.807, 2.05) is 39.8 Å². The van der Waals surface area contributed by atoms with E-state index in [4.69, 9.17) is 21.1 Å². The zero-order chi connectivity index (χ0) is 15.9. The Bertz CT molecular complexity index is 404. The van der Waals surface area contributed by atoms with Gasteiger partial charge >= 0.3 is 6.09 Å². The molecule has 1 heterocycles. The summed E-state index contributed by atoms with van der Waals surface area (Å²) in [5.74, 6) is 0. The van der Waals surface area contributed by atoms with Crippen LogP contribution in [0, 0.1) is 0 Å². The number of allylic oxidation sites excluding steroid dienone is 1. The summed E-state index contributed by atoms with van der Waals surface area (Å²) in [6, 6.07) is 0. The average molecular weight is 317 g/mol. The zero-order valence-electron chi connectivity index (χ0n) is 13.2. The van der Waals surface area contributed by atoms with Crippen molar-refractivity contribution < 1.29 is 14.3 Å². The van der Waals surface area contributed by atoms with Gasteiger partial charge in [-0.05, 0) is 52.7 Å². The quantitative estimate of drug-likeness (QED) is 0.465. The summed E-state index contributed by atoms with van der Waals surface area (Å²) in [5, 5.41) is 2.72. The van der Waals surface area contributed by atoms with E-state index in [1.165, 1.54) is 0 Å². The van der Waals surface area contributed by atoms with Crippen LogP contribution in [0.2, 0.25) is 0 Å². The average Bonchev–Trinajstić information content (AvgIpc) is 2.35. The molecule has 0 saturated carbocycles. The number of aliphatic imine (C=N–C) groups is 1. The Morgan fingerprint density at radius 1 is 1.43 bits per heavy atom. The molecule has 0 spiro atoms. The standard InChI is InChI=1S/C15H25ClN2O3/c1-14(2,3)21-13(19)18-9-5-6-11-20-15(4)8-7-10-17-12(15)16/h7-8,10,12H,5-6,9,11H2,1-4H3,(H,18,19). The number of unbranched alkanes of at least 4 members (excludes halogenated alkanes) is 1. The van der Waals surface area contributed by atoms with Gasteiger partial charge < -0.3 is 14.8 Å². The van der Waals surface area contributed by atoms with Gasteiger partial charge in [-0.2, -0.15) is 0 Å². The number of hydrogen-bond donors (Lipinski definition) is 1. The molecule has 1 N–H and O–H groups in total. The lowest BCUT2D eigenvalue weighted by Crippen LogP contribution is -2.38. The molecule has 6 heteroatoms. The predicted molar refractivity (Wildman–Crippen MR) is 85.1 cm³/mol. The highest BCUT2D eigenvalue weighted by Gasteiger charge is 2.32. The molecule has 0 saturated heterocycles. The minimum atomic E-state index is -0.561. The molecule has 0 aliphatic carbocycles. The van der Waals surface area contributed by atoms with Gasteiger partial charge in [0.2, 0.25) is 0 Å². The molecular formula is C15H25ClN2O3. The van der Waals surface area contributed by atoms with Crippen LogP contribution in [0.15, 0.2) is 17.1 Å². The number of nitrogens with zero attached hydrogens (tertiary/aromatic N) is 1. The van der Waals surface area contributed by atoms with Crippen molar-refractivity contribution in [1.82, 2.24) is 5.32 Å². The topological polar surface area (TPSA) is 59.9 Å². The maximum absolute atomic E-state index is 11.4. The summed E-state index contributed by atoms with van der Waals surface area (Å²) >= 11 is 6.12. The molecule has 0 radical (unpaired) electrons. The van der Waals surface area contributed by atoms with Crippen molar-refractivity contribution in [3.8, 4) is 0 Å². The fourth-order valence-electron chi connectivity index (χ4n) is 1.73. The summed E-state index contributed by atoms with van der Waals surface area (Å²) in [7, 11) is 0. The van der Waals surface area contributed by atoms with Gasteiger partial charge in [0.1, 0.15) is 11.2 Å². The summed E-state index contributed by atoms with van der Waals surface area (Å²) in [6.07, 6.45) is 6.68. The summed E-state index contributed by atoms with van der Waals surface area (Å²) < 4.78 is 10.9. The Hall–Kier alpha value is -1.07. The number of carbonyl (C=O) groups excluding carboxylic acids is 1. The third-order valence-corrected chi connectivity index (χ3v) is 3.40. The number of amides is 1. The Balaban J connectivity index is 2.11. The minimum Gasteiger partial charge on any atom is -0.444 e. The first-order valence-electron chi connectivity index (χ1n) is 7.19. The van der Waals surface area contributed by atoms with Crippen molar-refractivity contribution >= 4 is 23.9 Å². The van der Waals surface area contributed by atoms with Gasteiger partial charge in [0.15, 0.2) is 5.50 Å². The first-order valence-corrected chi connectivity index (χ1v) is 7.62. The highest BCUT2D eigenvalue weighted by atomic mass is 35.5. The number of rotatable bonds is 6. The van der Waals surface area contributed by atoms with E-state index in [-0.39, 0.29) is 6.09 Å². The first kappa shape index (κ1) is 18.0. The third kappa shape index (κ3) is 6.96. The van der Waals surface area contributed by atoms with Crippen LogP contribution in [0.5, 0.6) is 0 Å². The molecule has 0 bridgehead atoms. The smallest absolute Gasteiger partial charge is 0.407 e. The molecule has 21 heavy (non-hydrogen) atoms. The van der Waals surface area contributed by atoms with E-state index >= 15 is 0 Å². The lowest BCUT2D eigenvalue weighted by molar-refractivity contribution is 0.00143. The Labute approximate surface area is 131 Å². The molecule has 120 valence electrons. The number of hydrogen-bond acceptors (Lipinski definition) is 4. The van der Waals surface area contributed by atoms with Crippen molar-refractivity contribution in [2.24, 2.45) is 4.99 Å². The van der Waals surface area contributed by atoms with Crippen molar-refractivity contribution in [3.63, 3.8) is 0 Å². The van der Waals surface area contributed by atoms with Crippen molar-refractivity contribution in [1.29, 1.82) is 0 Å². The summed E-state index contributed by atoms with van der Waals surface area (Å²) in [6.45, 7) is 8.55. The van der Waals surface area contributed by atoms with Crippen LogP contribution in [0.3, 0.4) is 0 Å². The van der Waals surface area contributed by atoms with E-state index < -0.39 is 16.7 Å². The monoisotopic (exact) mass is 316 g/mol. The SMILES string of the molecule is CC(C)(C)OC(=O)NCCCCOC1(C)C=CC=NC1Cl. The second-order valence-corrected chi connectivity index (χ2v) is 6.57. The molecule has 1 amide bonds. The Morgan fingerprint density at radius 2 is 2.14 bits per heavy atom.